The van der Waals surface area contributed by atoms with Crippen LogP contribution in [0, 0.1) is 5.92 Å². The number of nitrogens with one attached hydrogen (secondary N) is 1. The maximum Gasteiger partial charge on any atom is 0.265 e. The van der Waals surface area contributed by atoms with Gasteiger partial charge in [0.05, 0.1) is 5.69 Å². The SMILES string of the molecule is CC.CC.CC/C=C(O)\C(C(=O)N1CC=C(C)c2cc(NC(=O)C3CC3)ccc21)=C(/C)O. The normalized spacial score (nSPS) is 15.7. The van der Waals surface area contributed by atoms with E-state index in [-0.39, 0.29) is 28.9 Å². The highest BCUT2D eigenvalue weighted by Gasteiger charge is 2.31. The number of carbonyl (C=O) groups excluding carboxylic acids is 2. The lowest BCUT2D eigenvalue weighted by Crippen LogP contribution is -2.35. The summed E-state index contributed by atoms with van der Waals surface area (Å²) in [6.45, 7) is 13.5. The molecule has 1 aromatic rings. The zero-order valence-corrected chi connectivity index (χ0v) is 20.5. The van der Waals surface area contributed by atoms with Gasteiger partial charge < -0.3 is 20.4 Å². The zero-order chi connectivity index (χ0) is 24.4. The van der Waals surface area contributed by atoms with Crippen molar-refractivity contribution in [2.45, 2.75) is 67.7 Å². The third-order valence-corrected chi connectivity index (χ3v) is 4.98. The first-order chi connectivity index (χ1) is 15.3. The first-order valence-corrected chi connectivity index (χ1v) is 11.6. The Balaban J connectivity index is 0.00000121. The van der Waals surface area contributed by atoms with Gasteiger partial charge in [-0.2, -0.15) is 0 Å². The van der Waals surface area contributed by atoms with Gasteiger partial charge in [0.2, 0.25) is 5.91 Å². The van der Waals surface area contributed by atoms with Gasteiger partial charge in [-0.05, 0) is 63.0 Å². The molecule has 1 aromatic carbocycles. The minimum absolute atomic E-state index is 0.0288. The largest absolute Gasteiger partial charge is 0.512 e. The smallest absolute Gasteiger partial charge is 0.265 e. The molecule has 0 radical (unpaired) electrons. The molecule has 2 amide bonds. The summed E-state index contributed by atoms with van der Waals surface area (Å²) in [4.78, 5) is 26.7. The minimum atomic E-state index is -0.470. The summed E-state index contributed by atoms with van der Waals surface area (Å²) < 4.78 is 0. The van der Waals surface area contributed by atoms with Crippen LogP contribution in [0.2, 0.25) is 0 Å². The molecule has 6 heteroatoms. The van der Waals surface area contributed by atoms with Gasteiger partial charge in [-0.1, -0.05) is 40.7 Å². The average molecular weight is 443 g/mol. The number of nitrogens with zero attached hydrogens (tertiary/aromatic N) is 1. The Hall–Kier alpha value is -3.02. The molecule has 0 spiro atoms. The summed E-state index contributed by atoms with van der Waals surface area (Å²) in [7, 11) is 0. The van der Waals surface area contributed by atoms with Crippen molar-refractivity contribution >= 4 is 28.8 Å². The highest BCUT2D eigenvalue weighted by Crippen LogP contribution is 2.36. The van der Waals surface area contributed by atoms with Crippen LogP contribution in [0.15, 0.2) is 47.4 Å². The first-order valence-electron chi connectivity index (χ1n) is 11.6. The Kier molecular flexibility index (Phi) is 10.8. The van der Waals surface area contributed by atoms with Crippen molar-refractivity contribution in [1.82, 2.24) is 0 Å². The Labute approximate surface area is 192 Å². The topological polar surface area (TPSA) is 89.9 Å². The van der Waals surface area contributed by atoms with Crippen LogP contribution >= 0.6 is 0 Å². The molecule has 0 unspecified atom stereocenters. The minimum Gasteiger partial charge on any atom is -0.512 e. The number of aliphatic hydroxyl groups excluding tert-OH is 2. The number of benzene rings is 1. The molecule has 1 heterocycles. The van der Waals surface area contributed by atoms with Crippen LogP contribution < -0.4 is 10.2 Å². The van der Waals surface area contributed by atoms with Gasteiger partial charge >= 0.3 is 0 Å². The molecule has 1 aliphatic heterocycles. The third-order valence-electron chi connectivity index (χ3n) is 4.98. The summed E-state index contributed by atoms with van der Waals surface area (Å²) in [6, 6.07) is 5.42. The molecule has 0 aromatic heterocycles. The predicted molar refractivity (Wildman–Crippen MR) is 133 cm³/mol. The molecular formula is C26H38N2O4. The van der Waals surface area contributed by atoms with Crippen LogP contribution in [0.3, 0.4) is 0 Å². The number of anilines is 2. The molecule has 32 heavy (non-hydrogen) atoms. The fraction of sp³-hybridized carbons (Fsp3) is 0.462. The van der Waals surface area contributed by atoms with E-state index in [1.165, 1.54) is 17.9 Å². The standard InChI is InChI=1S/C22H26N2O4.2C2H6/c1-4-5-19(26)20(14(3)25)22(28)24-11-10-13(2)17-12-16(8-9-18(17)24)23-21(27)15-6-7-15;2*1-2/h5,8-10,12,15,25-26H,4,6-7,11H2,1-3H3,(H,23,27);2*1-2H3/b19-5+,20-14-;;. The monoisotopic (exact) mass is 442 g/mol. The van der Waals surface area contributed by atoms with Crippen molar-refractivity contribution in [2.24, 2.45) is 5.92 Å². The van der Waals surface area contributed by atoms with E-state index >= 15 is 0 Å². The Morgan fingerprint density at radius 2 is 1.78 bits per heavy atom. The maximum atomic E-state index is 13.1. The van der Waals surface area contributed by atoms with E-state index in [1.807, 2.05) is 53.7 Å². The Morgan fingerprint density at radius 1 is 1.16 bits per heavy atom. The molecule has 0 bridgehead atoms. The van der Waals surface area contributed by atoms with Gasteiger partial charge in [-0.25, -0.2) is 0 Å². The van der Waals surface area contributed by atoms with Crippen molar-refractivity contribution < 1.29 is 19.8 Å². The number of allylic oxidation sites excluding steroid dienone is 3. The summed E-state index contributed by atoms with van der Waals surface area (Å²) in [6.07, 6.45) is 5.81. The highest BCUT2D eigenvalue weighted by atomic mass is 16.3. The van der Waals surface area contributed by atoms with Gasteiger partial charge in [0, 0.05) is 23.7 Å². The zero-order valence-electron chi connectivity index (χ0n) is 20.5. The Morgan fingerprint density at radius 3 is 2.31 bits per heavy atom. The van der Waals surface area contributed by atoms with Gasteiger partial charge in [-0.15, -0.1) is 0 Å². The summed E-state index contributed by atoms with van der Waals surface area (Å²) in [5.41, 5.74) is 3.10. The van der Waals surface area contributed by atoms with Crippen molar-refractivity contribution in [3.63, 3.8) is 0 Å². The second-order valence-corrected chi connectivity index (χ2v) is 7.26. The summed E-state index contributed by atoms with van der Waals surface area (Å²) in [5, 5.41) is 23.1. The van der Waals surface area contributed by atoms with Crippen LogP contribution in [0.4, 0.5) is 11.4 Å². The van der Waals surface area contributed by atoms with Crippen molar-refractivity contribution in [1.29, 1.82) is 0 Å². The van der Waals surface area contributed by atoms with Gasteiger partial charge in [0.15, 0.2) is 0 Å². The predicted octanol–water partition coefficient (Wildman–Crippen LogP) is 6.52. The number of hydrogen-bond acceptors (Lipinski definition) is 4. The van der Waals surface area contributed by atoms with E-state index < -0.39 is 5.91 Å². The summed E-state index contributed by atoms with van der Waals surface area (Å²) >= 11 is 0. The van der Waals surface area contributed by atoms with Gasteiger partial charge in [0.25, 0.3) is 5.91 Å². The van der Waals surface area contributed by atoms with E-state index in [4.69, 9.17) is 0 Å². The molecule has 3 N–H and O–H groups in total. The molecule has 0 atom stereocenters. The molecular weight excluding hydrogens is 404 g/mol. The number of hydrogen-bond donors (Lipinski definition) is 3. The van der Waals surface area contributed by atoms with E-state index in [0.717, 1.165) is 24.0 Å². The molecule has 1 aliphatic carbocycles. The van der Waals surface area contributed by atoms with Crippen LogP contribution in [-0.4, -0.2) is 28.6 Å². The number of fused-ring (bicyclic) bond motifs is 1. The van der Waals surface area contributed by atoms with Crippen molar-refractivity contribution in [3.05, 3.63) is 53.0 Å². The van der Waals surface area contributed by atoms with Gasteiger partial charge in [0.1, 0.15) is 17.1 Å². The van der Waals surface area contributed by atoms with E-state index in [0.29, 0.717) is 24.3 Å². The fourth-order valence-electron chi connectivity index (χ4n) is 3.26. The molecule has 1 fully saturated rings. The number of carbonyl (C=O) groups is 2. The van der Waals surface area contributed by atoms with Crippen LogP contribution in [-0.2, 0) is 9.59 Å². The second-order valence-electron chi connectivity index (χ2n) is 7.26. The van der Waals surface area contributed by atoms with Crippen LogP contribution in [0.5, 0.6) is 0 Å². The lowest BCUT2D eigenvalue weighted by Gasteiger charge is -2.29. The first kappa shape index (κ1) is 27.0. The van der Waals surface area contributed by atoms with Crippen LogP contribution in [0.25, 0.3) is 5.57 Å². The molecule has 176 valence electrons. The quantitative estimate of drug-likeness (QED) is 0.275. The van der Waals surface area contributed by atoms with Crippen molar-refractivity contribution in [3.8, 4) is 0 Å². The molecule has 6 nitrogen and oxygen atoms in total. The lowest BCUT2D eigenvalue weighted by molar-refractivity contribution is -0.117. The number of rotatable bonds is 5. The van der Waals surface area contributed by atoms with Gasteiger partial charge in [-0.3, -0.25) is 9.59 Å². The fourth-order valence-corrected chi connectivity index (χ4v) is 3.26. The average Bonchev–Trinajstić information content (AvgIpc) is 3.63. The Bertz CT molecular complexity index is 904. The van der Waals surface area contributed by atoms with Crippen LogP contribution in [0.1, 0.15) is 73.3 Å². The second kappa shape index (κ2) is 12.7. The summed E-state index contributed by atoms with van der Waals surface area (Å²) in [5.74, 6) is -0.788. The number of aliphatic hydroxyl groups is 2. The van der Waals surface area contributed by atoms with E-state index in [2.05, 4.69) is 5.32 Å². The molecule has 3 rings (SSSR count). The molecule has 0 saturated heterocycles. The number of amides is 2. The third kappa shape index (κ3) is 6.49. The maximum absolute atomic E-state index is 13.1. The lowest BCUT2D eigenvalue weighted by atomic mass is 9.98. The molecule has 1 saturated carbocycles. The van der Waals surface area contributed by atoms with Crippen molar-refractivity contribution in [2.75, 3.05) is 16.8 Å². The van der Waals surface area contributed by atoms with E-state index in [9.17, 15) is 19.8 Å². The van der Waals surface area contributed by atoms with E-state index in [1.54, 1.807) is 12.1 Å². The molecule has 2 aliphatic rings. The highest BCUT2D eigenvalue weighted by molar-refractivity contribution is 6.10.